The predicted octanol–water partition coefficient (Wildman–Crippen LogP) is 4.39. The summed E-state index contributed by atoms with van der Waals surface area (Å²) in [7, 11) is 0. The standard InChI is InChI=1S/C20H29ClN6O2/c1-13(2)23-16-10-18(21)22-11-15(16)17-12-27(25-24-17)14-6-8-26(9-7-14)19(28)29-20(3,4)5/h10-14H,6-9H2,1-5H3,(H,22,23). The van der Waals surface area contributed by atoms with Gasteiger partial charge in [0.2, 0.25) is 0 Å². The van der Waals surface area contributed by atoms with Crippen molar-refractivity contribution < 1.29 is 9.53 Å². The number of halogens is 1. The van der Waals surface area contributed by atoms with Crippen LogP contribution in [-0.4, -0.2) is 55.7 Å². The molecule has 0 radical (unpaired) electrons. The van der Waals surface area contributed by atoms with Crippen LogP contribution < -0.4 is 5.32 Å². The zero-order valence-corrected chi connectivity index (χ0v) is 18.4. The second kappa shape index (κ2) is 8.57. The quantitative estimate of drug-likeness (QED) is 0.738. The number of piperidine rings is 1. The zero-order valence-electron chi connectivity index (χ0n) is 17.6. The van der Waals surface area contributed by atoms with Crippen LogP contribution in [0.4, 0.5) is 10.5 Å². The van der Waals surface area contributed by atoms with E-state index < -0.39 is 5.60 Å². The number of nitrogens with one attached hydrogen (secondary N) is 1. The van der Waals surface area contributed by atoms with Crippen molar-refractivity contribution in [1.82, 2.24) is 24.9 Å². The van der Waals surface area contributed by atoms with E-state index in [2.05, 4.69) is 34.5 Å². The Balaban J connectivity index is 1.68. The number of carbonyl (C=O) groups excluding carboxylic acids is 1. The molecule has 0 atom stereocenters. The molecule has 1 aliphatic heterocycles. The van der Waals surface area contributed by atoms with E-state index in [1.165, 1.54) is 0 Å². The maximum atomic E-state index is 12.2. The fourth-order valence-electron chi connectivity index (χ4n) is 3.28. The van der Waals surface area contributed by atoms with Gasteiger partial charge in [0.1, 0.15) is 16.4 Å². The van der Waals surface area contributed by atoms with Crippen LogP contribution in [-0.2, 0) is 4.74 Å². The van der Waals surface area contributed by atoms with Crippen molar-refractivity contribution in [3.63, 3.8) is 0 Å². The molecule has 0 aliphatic carbocycles. The van der Waals surface area contributed by atoms with Gasteiger partial charge in [0, 0.05) is 36.6 Å². The SMILES string of the molecule is CC(C)Nc1cc(Cl)ncc1-c1cn(C2CCN(C(=O)OC(C)(C)C)CC2)nn1. The van der Waals surface area contributed by atoms with Crippen molar-refractivity contribution in [2.45, 2.75) is 65.1 Å². The summed E-state index contributed by atoms with van der Waals surface area (Å²) in [5.41, 5.74) is 2.00. The number of hydrogen-bond donors (Lipinski definition) is 1. The van der Waals surface area contributed by atoms with Gasteiger partial charge in [-0.05, 0) is 53.5 Å². The fourth-order valence-corrected chi connectivity index (χ4v) is 3.44. The molecule has 0 bridgehead atoms. The Hall–Kier alpha value is -2.35. The Morgan fingerprint density at radius 1 is 1.31 bits per heavy atom. The van der Waals surface area contributed by atoms with Gasteiger partial charge >= 0.3 is 6.09 Å². The van der Waals surface area contributed by atoms with Gasteiger partial charge in [0.05, 0.1) is 12.2 Å². The first-order chi connectivity index (χ1) is 13.6. The number of likely N-dealkylation sites (tertiary alicyclic amines) is 1. The highest BCUT2D eigenvalue weighted by atomic mass is 35.5. The number of pyridine rings is 1. The van der Waals surface area contributed by atoms with Crippen molar-refractivity contribution in [3.8, 4) is 11.3 Å². The largest absolute Gasteiger partial charge is 0.444 e. The first-order valence-corrected chi connectivity index (χ1v) is 10.3. The molecule has 3 heterocycles. The van der Waals surface area contributed by atoms with E-state index in [1.807, 2.05) is 31.6 Å². The van der Waals surface area contributed by atoms with E-state index in [4.69, 9.17) is 16.3 Å². The summed E-state index contributed by atoms with van der Waals surface area (Å²) >= 11 is 6.06. The van der Waals surface area contributed by atoms with Crippen LogP contribution in [0.1, 0.15) is 53.5 Å². The van der Waals surface area contributed by atoms with Crippen LogP contribution in [0.15, 0.2) is 18.5 Å². The molecular weight excluding hydrogens is 392 g/mol. The summed E-state index contributed by atoms with van der Waals surface area (Å²) in [6.45, 7) is 11.0. The molecule has 8 nitrogen and oxygen atoms in total. The molecular formula is C20H29ClN6O2. The average molecular weight is 421 g/mol. The van der Waals surface area contributed by atoms with Gasteiger partial charge < -0.3 is 15.0 Å². The van der Waals surface area contributed by atoms with Gasteiger partial charge in [-0.3, -0.25) is 0 Å². The molecule has 2 aromatic rings. The fraction of sp³-hybridized carbons (Fsp3) is 0.600. The lowest BCUT2D eigenvalue weighted by Crippen LogP contribution is -2.42. The van der Waals surface area contributed by atoms with Crippen molar-refractivity contribution >= 4 is 23.4 Å². The molecule has 0 spiro atoms. The Morgan fingerprint density at radius 2 is 2.00 bits per heavy atom. The minimum absolute atomic E-state index is 0.191. The highest BCUT2D eigenvalue weighted by molar-refractivity contribution is 6.29. The molecule has 0 unspecified atom stereocenters. The number of hydrogen-bond acceptors (Lipinski definition) is 6. The van der Waals surface area contributed by atoms with E-state index in [0.717, 1.165) is 29.8 Å². The lowest BCUT2D eigenvalue weighted by atomic mass is 10.1. The molecule has 1 fully saturated rings. The van der Waals surface area contributed by atoms with Crippen molar-refractivity contribution in [1.29, 1.82) is 0 Å². The monoisotopic (exact) mass is 420 g/mol. The van der Waals surface area contributed by atoms with Gasteiger partial charge in [0.25, 0.3) is 0 Å². The van der Waals surface area contributed by atoms with Crippen LogP contribution in [0.2, 0.25) is 5.15 Å². The zero-order chi connectivity index (χ0) is 21.2. The van der Waals surface area contributed by atoms with Crippen LogP contribution in [0, 0.1) is 0 Å². The summed E-state index contributed by atoms with van der Waals surface area (Å²) in [5, 5.41) is 12.5. The van der Waals surface area contributed by atoms with E-state index >= 15 is 0 Å². The maximum Gasteiger partial charge on any atom is 0.410 e. The van der Waals surface area contributed by atoms with E-state index in [9.17, 15) is 4.79 Å². The third-order valence-electron chi connectivity index (χ3n) is 4.59. The smallest absolute Gasteiger partial charge is 0.410 e. The molecule has 158 valence electrons. The summed E-state index contributed by atoms with van der Waals surface area (Å²) < 4.78 is 7.35. The van der Waals surface area contributed by atoms with Crippen molar-refractivity contribution in [3.05, 3.63) is 23.6 Å². The third-order valence-corrected chi connectivity index (χ3v) is 4.80. The second-order valence-corrected chi connectivity index (χ2v) is 9.02. The molecule has 0 saturated carbocycles. The first-order valence-electron chi connectivity index (χ1n) is 9.94. The summed E-state index contributed by atoms with van der Waals surface area (Å²) in [4.78, 5) is 18.2. The van der Waals surface area contributed by atoms with E-state index in [-0.39, 0.29) is 18.2 Å². The molecule has 1 aliphatic rings. The highest BCUT2D eigenvalue weighted by Crippen LogP contribution is 2.30. The summed E-state index contributed by atoms with van der Waals surface area (Å²) in [6, 6.07) is 2.24. The number of anilines is 1. The first kappa shape index (κ1) is 21.4. The average Bonchev–Trinajstić information content (AvgIpc) is 3.10. The lowest BCUT2D eigenvalue weighted by molar-refractivity contribution is 0.0184. The Morgan fingerprint density at radius 3 is 2.62 bits per heavy atom. The van der Waals surface area contributed by atoms with Gasteiger partial charge in [-0.2, -0.15) is 0 Å². The Labute approximate surface area is 176 Å². The number of rotatable bonds is 4. The van der Waals surface area contributed by atoms with E-state index in [1.54, 1.807) is 17.2 Å². The van der Waals surface area contributed by atoms with Gasteiger partial charge in [-0.15, -0.1) is 5.10 Å². The molecule has 1 saturated heterocycles. The molecule has 1 N–H and O–H groups in total. The molecule has 9 heteroatoms. The Bertz CT molecular complexity index is 853. The lowest BCUT2D eigenvalue weighted by Gasteiger charge is -2.33. The minimum Gasteiger partial charge on any atom is -0.444 e. The number of carbonyl (C=O) groups is 1. The molecule has 3 rings (SSSR count). The number of amides is 1. The van der Waals surface area contributed by atoms with Crippen LogP contribution in [0.25, 0.3) is 11.3 Å². The predicted molar refractivity (Wildman–Crippen MR) is 113 cm³/mol. The minimum atomic E-state index is -0.483. The van der Waals surface area contributed by atoms with Crippen LogP contribution >= 0.6 is 11.6 Å². The molecule has 2 aromatic heterocycles. The van der Waals surface area contributed by atoms with Gasteiger partial charge in [-0.1, -0.05) is 16.8 Å². The number of nitrogens with zero attached hydrogens (tertiary/aromatic N) is 5. The normalized spacial score (nSPS) is 15.6. The topological polar surface area (TPSA) is 85.2 Å². The maximum absolute atomic E-state index is 12.2. The third kappa shape index (κ3) is 5.59. The van der Waals surface area contributed by atoms with Crippen molar-refractivity contribution in [2.75, 3.05) is 18.4 Å². The number of ether oxygens (including phenoxy) is 1. The highest BCUT2D eigenvalue weighted by Gasteiger charge is 2.28. The number of aromatic nitrogens is 4. The molecule has 0 aromatic carbocycles. The van der Waals surface area contributed by atoms with Crippen LogP contribution in [0.5, 0.6) is 0 Å². The van der Waals surface area contributed by atoms with Crippen molar-refractivity contribution in [2.24, 2.45) is 0 Å². The summed E-state index contributed by atoms with van der Waals surface area (Å²) in [5.74, 6) is 0. The van der Waals surface area contributed by atoms with Gasteiger partial charge in [0.15, 0.2) is 0 Å². The summed E-state index contributed by atoms with van der Waals surface area (Å²) in [6.07, 6.45) is 5.00. The molecule has 29 heavy (non-hydrogen) atoms. The second-order valence-electron chi connectivity index (χ2n) is 8.63. The molecule has 1 amide bonds. The Kier molecular flexibility index (Phi) is 6.31. The van der Waals surface area contributed by atoms with E-state index in [0.29, 0.717) is 18.2 Å². The van der Waals surface area contributed by atoms with Gasteiger partial charge in [-0.25, -0.2) is 14.5 Å². The van der Waals surface area contributed by atoms with Crippen LogP contribution in [0.3, 0.4) is 0 Å².